The van der Waals surface area contributed by atoms with Gasteiger partial charge in [0.25, 0.3) is 0 Å². The number of nitrogens with zero attached hydrogens (tertiary/aromatic N) is 1. The quantitative estimate of drug-likeness (QED) is 0.884. The summed E-state index contributed by atoms with van der Waals surface area (Å²) in [4.78, 5) is 2.70. The molecule has 2 atom stereocenters. The van der Waals surface area contributed by atoms with Crippen LogP contribution in [0.25, 0.3) is 0 Å². The van der Waals surface area contributed by atoms with Gasteiger partial charge >= 0.3 is 0 Å². The Morgan fingerprint density at radius 3 is 2.35 bits per heavy atom. The summed E-state index contributed by atoms with van der Waals surface area (Å²) < 4.78 is 0. The topological polar surface area (TPSA) is 15.3 Å². The van der Waals surface area contributed by atoms with E-state index in [9.17, 15) is 0 Å². The molecule has 2 saturated carbocycles. The van der Waals surface area contributed by atoms with Crippen molar-refractivity contribution in [2.24, 2.45) is 11.8 Å². The Labute approximate surface area is 122 Å². The number of fused-ring (bicyclic) bond motifs is 1. The maximum Gasteiger partial charge on any atom is 0.0237 e. The van der Waals surface area contributed by atoms with Crippen molar-refractivity contribution in [1.29, 1.82) is 0 Å². The molecule has 1 N–H and O–H groups in total. The van der Waals surface area contributed by atoms with Crippen LogP contribution in [-0.4, -0.2) is 24.0 Å². The Bertz CT molecular complexity index is 454. The largest absolute Gasteiger partial charge is 0.310 e. The highest BCUT2D eigenvalue weighted by atomic mass is 15.2. The molecule has 4 rings (SSSR count). The molecule has 2 aliphatic carbocycles. The first-order valence-electron chi connectivity index (χ1n) is 8.41. The van der Waals surface area contributed by atoms with E-state index in [0.717, 1.165) is 31.0 Å². The smallest absolute Gasteiger partial charge is 0.0237 e. The van der Waals surface area contributed by atoms with Crippen molar-refractivity contribution in [1.82, 2.24) is 10.2 Å². The molecule has 0 aromatic heterocycles. The summed E-state index contributed by atoms with van der Waals surface area (Å²) >= 11 is 0. The van der Waals surface area contributed by atoms with Crippen LogP contribution in [-0.2, 0) is 13.1 Å². The average molecular weight is 270 g/mol. The predicted molar refractivity (Wildman–Crippen MR) is 82.4 cm³/mol. The molecule has 2 nitrogen and oxygen atoms in total. The molecule has 1 aliphatic heterocycles. The molecule has 0 bridgehead atoms. The van der Waals surface area contributed by atoms with Gasteiger partial charge in [-0.1, -0.05) is 30.7 Å². The normalized spacial score (nSPS) is 29.8. The van der Waals surface area contributed by atoms with Gasteiger partial charge in [0.05, 0.1) is 0 Å². The van der Waals surface area contributed by atoms with Gasteiger partial charge in [-0.05, 0) is 48.6 Å². The monoisotopic (exact) mass is 270 g/mol. The fourth-order valence-electron chi connectivity index (χ4n) is 4.13. The fourth-order valence-corrected chi connectivity index (χ4v) is 4.13. The van der Waals surface area contributed by atoms with Crippen LogP contribution in [0.4, 0.5) is 0 Å². The maximum atomic E-state index is 3.66. The van der Waals surface area contributed by atoms with E-state index in [2.05, 4.69) is 34.5 Å². The SMILES string of the molecule is c1ccc(CN2CC3CCCC3C2)c(CNC2CC2)c1. The zero-order valence-corrected chi connectivity index (χ0v) is 12.4. The number of nitrogens with one attached hydrogen (secondary N) is 1. The van der Waals surface area contributed by atoms with Crippen LogP contribution in [0.15, 0.2) is 24.3 Å². The summed E-state index contributed by atoms with van der Waals surface area (Å²) in [5.41, 5.74) is 3.05. The lowest BCUT2D eigenvalue weighted by molar-refractivity contribution is 0.302. The zero-order chi connectivity index (χ0) is 13.4. The first-order valence-corrected chi connectivity index (χ1v) is 8.41. The highest BCUT2D eigenvalue weighted by Crippen LogP contribution is 2.38. The summed E-state index contributed by atoms with van der Waals surface area (Å²) in [6.45, 7) is 4.90. The first-order chi connectivity index (χ1) is 9.88. The Balaban J connectivity index is 1.40. The Morgan fingerprint density at radius 1 is 0.950 bits per heavy atom. The van der Waals surface area contributed by atoms with E-state index in [0.29, 0.717) is 0 Å². The number of hydrogen-bond donors (Lipinski definition) is 1. The lowest BCUT2D eigenvalue weighted by atomic mass is 10.0. The summed E-state index contributed by atoms with van der Waals surface area (Å²) in [5, 5.41) is 3.66. The highest BCUT2D eigenvalue weighted by molar-refractivity contribution is 5.27. The minimum Gasteiger partial charge on any atom is -0.310 e. The molecular weight excluding hydrogens is 244 g/mol. The number of likely N-dealkylation sites (tertiary alicyclic amines) is 1. The van der Waals surface area contributed by atoms with Crippen molar-refractivity contribution >= 4 is 0 Å². The van der Waals surface area contributed by atoms with Crippen LogP contribution in [0.5, 0.6) is 0 Å². The van der Waals surface area contributed by atoms with Gasteiger partial charge in [-0.25, -0.2) is 0 Å². The molecule has 0 amide bonds. The summed E-state index contributed by atoms with van der Waals surface area (Å²) in [7, 11) is 0. The number of hydrogen-bond acceptors (Lipinski definition) is 2. The van der Waals surface area contributed by atoms with Gasteiger partial charge in [0.15, 0.2) is 0 Å². The molecule has 20 heavy (non-hydrogen) atoms. The average Bonchev–Trinajstić information content (AvgIpc) is 3.06. The van der Waals surface area contributed by atoms with Crippen molar-refractivity contribution in [3.63, 3.8) is 0 Å². The van der Waals surface area contributed by atoms with Crippen molar-refractivity contribution in [3.8, 4) is 0 Å². The Morgan fingerprint density at radius 2 is 1.65 bits per heavy atom. The molecule has 1 heterocycles. The zero-order valence-electron chi connectivity index (χ0n) is 12.4. The lowest BCUT2D eigenvalue weighted by Crippen LogP contribution is -2.23. The van der Waals surface area contributed by atoms with E-state index < -0.39 is 0 Å². The Hall–Kier alpha value is -0.860. The fraction of sp³-hybridized carbons (Fsp3) is 0.667. The molecule has 3 fully saturated rings. The van der Waals surface area contributed by atoms with E-state index in [1.165, 1.54) is 50.8 Å². The van der Waals surface area contributed by atoms with Crippen LogP contribution >= 0.6 is 0 Å². The van der Waals surface area contributed by atoms with E-state index in [4.69, 9.17) is 0 Å². The first kappa shape index (κ1) is 12.8. The van der Waals surface area contributed by atoms with Crippen molar-refractivity contribution in [3.05, 3.63) is 35.4 Å². The van der Waals surface area contributed by atoms with E-state index in [-0.39, 0.29) is 0 Å². The molecule has 0 spiro atoms. The summed E-state index contributed by atoms with van der Waals surface area (Å²) in [5.74, 6) is 2.01. The van der Waals surface area contributed by atoms with E-state index >= 15 is 0 Å². The molecule has 1 saturated heterocycles. The summed E-state index contributed by atoms with van der Waals surface area (Å²) in [6.07, 6.45) is 7.18. The molecule has 1 aromatic rings. The minimum absolute atomic E-state index is 0.800. The molecule has 2 heteroatoms. The van der Waals surface area contributed by atoms with E-state index in [1.807, 2.05) is 0 Å². The van der Waals surface area contributed by atoms with Gasteiger partial charge in [-0.15, -0.1) is 0 Å². The van der Waals surface area contributed by atoms with Crippen LogP contribution in [0.3, 0.4) is 0 Å². The lowest BCUT2D eigenvalue weighted by Gasteiger charge is -2.19. The molecular formula is C18H26N2. The van der Waals surface area contributed by atoms with Crippen LogP contribution in [0.2, 0.25) is 0 Å². The molecule has 3 aliphatic rings. The van der Waals surface area contributed by atoms with Gasteiger partial charge in [-0.3, -0.25) is 4.90 Å². The second-order valence-electron chi connectivity index (χ2n) is 7.07. The van der Waals surface area contributed by atoms with Crippen LogP contribution in [0, 0.1) is 11.8 Å². The van der Waals surface area contributed by atoms with E-state index in [1.54, 1.807) is 5.56 Å². The van der Waals surface area contributed by atoms with Crippen molar-refractivity contribution < 1.29 is 0 Å². The van der Waals surface area contributed by atoms with Crippen molar-refractivity contribution in [2.75, 3.05) is 13.1 Å². The van der Waals surface area contributed by atoms with Crippen LogP contribution in [0.1, 0.15) is 43.2 Å². The predicted octanol–water partition coefficient (Wildman–Crippen LogP) is 3.17. The second-order valence-corrected chi connectivity index (χ2v) is 7.07. The van der Waals surface area contributed by atoms with Gasteiger partial charge < -0.3 is 5.32 Å². The van der Waals surface area contributed by atoms with Gasteiger partial charge in [0.2, 0.25) is 0 Å². The third kappa shape index (κ3) is 2.77. The standard InChI is InChI=1S/C18H26N2/c1-2-5-15(14(4-1)10-19-18-8-9-18)11-20-12-16-6-3-7-17(16)13-20/h1-2,4-5,16-19H,3,6-13H2. The number of benzene rings is 1. The highest BCUT2D eigenvalue weighted by Gasteiger charge is 2.35. The minimum atomic E-state index is 0.800. The maximum absolute atomic E-state index is 3.66. The molecule has 0 radical (unpaired) electrons. The van der Waals surface area contributed by atoms with Crippen molar-refractivity contribution in [2.45, 2.75) is 51.2 Å². The third-order valence-electron chi connectivity index (χ3n) is 5.47. The summed E-state index contributed by atoms with van der Waals surface area (Å²) in [6, 6.07) is 9.83. The van der Waals surface area contributed by atoms with Gasteiger partial charge in [-0.2, -0.15) is 0 Å². The Kier molecular flexibility index (Phi) is 3.53. The molecule has 1 aromatic carbocycles. The molecule has 108 valence electrons. The third-order valence-corrected chi connectivity index (χ3v) is 5.47. The van der Waals surface area contributed by atoms with Gasteiger partial charge in [0, 0.05) is 32.2 Å². The van der Waals surface area contributed by atoms with Gasteiger partial charge in [0.1, 0.15) is 0 Å². The van der Waals surface area contributed by atoms with Crippen LogP contribution < -0.4 is 5.32 Å². The molecule has 2 unspecified atom stereocenters. The second kappa shape index (κ2) is 5.50. The number of rotatable bonds is 5.